The Balaban J connectivity index is 2.24. The standard InChI is InChI=1S/C12H21NO5S/c14-11(13-10-5-1-2-6-10)9-19(17,18)8-4-3-7-12(15)16/h10H,1-9H2,(H,13,14)(H,15,16). The number of aliphatic carboxylic acids is 1. The molecule has 1 amide bonds. The number of carbonyl (C=O) groups excluding carboxylic acids is 1. The lowest BCUT2D eigenvalue weighted by Gasteiger charge is -2.11. The topological polar surface area (TPSA) is 101 Å². The number of carboxylic acids is 1. The lowest BCUT2D eigenvalue weighted by Crippen LogP contribution is -2.37. The van der Waals surface area contributed by atoms with Gasteiger partial charge in [-0.15, -0.1) is 0 Å². The van der Waals surface area contributed by atoms with Crippen molar-refractivity contribution in [3.63, 3.8) is 0 Å². The van der Waals surface area contributed by atoms with Crippen LogP contribution >= 0.6 is 0 Å². The molecule has 1 fully saturated rings. The Morgan fingerprint density at radius 1 is 1.16 bits per heavy atom. The van der Waals surface area contributed by atoms with Crippen LogP contribution in [0.2, 0.25) is 0 Å². The highest BCUT2D eigenvalue weighted by Gasteiger charge is 2.21. The minimum atomic E-state index is -3.43. The van der Waals surface area contributed by atoms with Crippen molar-refractivity contribution in [1.29, 1.82) is 0 Å². The molecule has 0 unspecified atom stereocenters. The van der Waals surface area contributed by atoms with E-state index in [-0.39, 0.29) is 24.6 Å². The maximum absolute atomic E-state index is 11.7. The van der Waals surface area contributed by atoms with Crippen molar-refractivity contribution in [1.82, 2.24) is 5.32 Å². The number of unbranched alkanes of at least 4 members (excludes halogenated alkanes) is 1. The monoisotopic (exact) mass is 291 g/mol. The van der Waals surface area contributed by atoms with Crippen LogP contribution in [0.3, 0.4) is 0 Å². The molecule has 0 atom stereocenters. The molecule has 1 aliphatic rings. The SMILES string of the molecule is O=C(O)CCCCS(=O)(=O)CC(=O)NC1CCCC1. The summed E-state index contributed by atoms with van der Waals surface area (Å²) in [6, 6.07) is 0.120. The van der Waals surface area contributed by atoms with Crippen LogP contribution in [0.4, 0.5) is 0 Å². The second-order valence-electron chi connectivity index (χ2n) is 4.99. The van der Waals surface area contributed by atoms with Gasteiger partial charge in [0.15, 0.2) is 9.84 Å². The molecule has 0 aromatic carbocycles. The summed E-state index contributed by atoms with van der Waals surface area (Å²) in [5.74, 6) is -1.99. The molecule has 0 bridgehead atoms. The summed E-state index contributed by atoms with van der Waals surface area (Å²) in [5.41, 5.74) is 0. The molecule has 2 N–H and O–H groups in total. The van der Waals surface area contributed by atoms with Crippen molar-refractivity contribution in [2.75, 3.05) is 11.5 Å². The average Bonchev–Trinajstić information content (AvgIpc) is 2.76. The number of nitrogens with one attached hydrogen (secondary N) is 1. The van der Waals surface area contributed by atoms with Crippen LogP contribution in [0.5, 0.6) is 0 Å². The average molecular weight is 291 g/mol. The van der Waals surface area contributed by atoms with Crippen molar-refractivity contribution in [2.45, 2.75) is 51.0 Å². The lowest BCUT2D eigenvalue weighted by atomic mass is 10.2. The molecule has 0 spiro atoms. The van der Waals surface area contributed by atoms with Crippen LogP contribution in [0.15, 0.2) is 0 Å². The van der Waals surface area contributed by atoms with Crippen molar-refractivity contribution >= 4 is 21.7 Å². The fourth-order valence-corrected chi connectivity index (χ4v) is 3.48. The number of hydrogen-bond donors (Lipinski definition) is 2. The molecule has 7 heteroatoms. The van der Waals surface area contributed by atoms with Crippen LogP contribution in [-0.4, -0.2) is 42.9 Å². The Hall–Kier alpha value is -1.11. The van der Waals surface area contributed by atoms with Gasteiger partial charge in [0.05, 0.1) is 5.75 Å². The van der Waals surface area contributed by atoms with Gasteiger partial charge in [-0.3, -0.25) is 9.59 Å². The van der Waals surface area contributed by atoms with Gasteiger partial charge in [0.25, 0.3) is 0 Å². The molecule has 0 radical (unpaired) electrons. The second kappa shape index (κ2) is 7.47. The van der Waals surface area contributed by atoms with E-state index in [2.05, 4.69) is 5.32 Å². The first-order chi connectivity index (χ1) is 8.89. The molecule has 1 saturated carbocycles. The highest BCUT2D eigenvalue weighted by Crippen LogP contribution is 2.17. The van der Waals surface area contributed by atoms with Crippen LogP contribution in [0.25, 0.3) is 0 Å². The van der Waals surface area contributed by atoms with E-state index in [0.29, 0.717) is 6.42 Å². The Morgan fingerprint density at radius 2 is 1.79 bits per heavy atom. The molecule has 1 aliphatic carbocycles. The van der Waals surface area contributed by atoms with E-state index in [4.69, 9.17) is 5.11 Å². The van der Waals surface area contributed by atoms with E-state index in [1.54, 1.807) is 0 Å². The summed E-state index contributed by atoms with van der Waals surface area (Å²) in [5, 5.41) is 11.2. The molecule has 110 valence electrons. The Morgan fingerprint density at radius 3 is 2.37 bits per heavy atom. The molecule has 0 aromatic rings. The van der Waals surface area contributed by atoms with Crippen LogP contribution < -0.4 is 5.32 Å². The summed E-state index contributed by atoms with van der Waals surface area (Å²) in [4.78, 5) is 21.9. The highest BCUT2D eigenvalue weighted by atomic mass is 32.2. The van der Waals surface area contributed by atoms with E-state index in [9.17, 15) is 18.0 Å². The number of carbonyl (C=O) groups is 2. The number of amides is 1. The smallest absolute Gasteiger partial charge is 0.303 e. The Kier molecular flexibility index (Phi) is 6.27. The lowest BCUT2D eigenvalue weighted by molar-refractivity contribution is -0.137. The van der Waals surface area contributed by atoms with Crippen LogP contribution in [-0.2, 0) is 19.4 Å². The van der Waals surface area contributed by atoms with Crippen molar-refractivity contribution in [3.8, 4) is 0 Å². The largest absolute Gasteiger partial charge is 0.481 e. The van der Waals surface area contributed by atoms with Crippen molar-refractivity contribution in [2.24, 2.45) is 0 Å². The third kappa shape index (κ3) is 7.15. The quantitative estimate of drug-likeness (QED) is 0.642. The van der Waals surface area contributed by atoms with Gasteiger partial charge in [0, 0.05) is 12.5 Å². The zero-order valence-corrected chi connectivity index (χ0v) is 11.7. The predicted molar refractivity (Wildman–Crippen MR) is 70.5 cm³/mol. The van der Waals surface area contributed by atoms with Gasteiger partial charge in [-0.05, 0) is 25.7 Å². The number of sulfone groups is 1. The molecule has 0 aromatic heterocycles. The van der Waals surface area contributed by atoms with Crippen LogP contribution in [0.1, 0.15) is 44.9 Å². The maximum atomic E-state index is 11.7. The van der Waals surface area contributed by atoms with Crippen LogP contribution in [0, 0.1) is 0 Å². The fraction of sp³-hybridized carbons (Fsp3) is 0.833. The predicted octanol–water partition coefficient (Wildman–Crippen LogP) is 0.715. The first-order valence-corrected chi connectivity index (χ1v) is 8.43. The summed E-state index contributed by atoms with van der Waals surface area (Å²) < 4.78 is 23.3. The molecule has 0 heterocycles. The summed E-state index contributed by atoms with van der Waals surface area (Å²) in [7, 11) is -3.43. The Bertz CT molecular complexity index is 412. The molecule has 19 heavy (non-hydrogen) atoms. The van der Waals surface area contributed by atoms with E-state index >= 15 is 0 Å². The Labute approximate surface area is 113 Å². The van der Waals surface area contributed by atoms with E-state index in [1.165, 1.54) is 0 Å². The molecule has 6 nitrogen and oxygen atoms in total. The third-order valence-electron chi connectivity index (χ3n) is 3.17. The molecule has 0 aliphatic heterocycles. The fourth-order valence-electron chi connectivity index (χ4n) is 2.21. The minimum Gasteiger partial charge on any atom is -0.481 e. The van der Waals surface area contributed by atoms with E-state index < -0.39 is 27.5 Å². The summed E-state index contributed by atoms with van der Waals surface area (Å²) >= 11 is 0. The van der Waals surface area contributed by atoms with Gasteiger partial charge >= 0.3 is 5.97 Å². The van der Waals surface area contributed by atoms with Gasteiger partial charge in [-0.2, -0.15) is 0 Å². The van der Waals surface area contributed by atoms with E-state index in [0.717, 1.165) is 25.7 Å². The number of rotatable bonds is 8. The zero-order chi connectivity index (χ0) is 14.3. The van der Waals surface area contributed by atoms with Gasteiger partial charge in [0.1, 0.15) is 5.75 Å². The molecule has 0 saturated heterocycles. The van der Waals surface area contributed by atoms with Gasteiger partial charge in [0.2, 0.25) is 5.91 Å². The summed E-state index contributed by atoms with van der Waals surface area (Å²) in [6.45, 7) is 0. The minimum absolute atomic E-state index is 0.0379. The zero-order valence-electron chi connectivity index (χ0n) is 10.9. The second-order valence-corrected chi connectivity index (χ2v) is 7.18. The molecular formula is C12H21NO5S. The van der Waals surface area contributed by atoms with E-state index in [1.807, 2.05) is 0 Å². The van der Waals surface area contributed by atoms with Gasteiger partial charge < -0.3 is 10.4 Å². The van der Waals surface area contributed by atoms with Crippen molar-refractivity contribution in [3.05, 3.63) is 0 Å². The molecule has 1 rings (SSSR count). The van der Waals surface area contributed by atoms with Crippen molar-refractivity contribution < 1.29 is 23.1 Å². The number of hydrogen-bond acceptors (Lipinski definition) is 4. The van der Waals surface area contributed by atoms with Gasteiger partial charge in [-0.1, -0.05) is 12.8 Å². The normalized spacial score (nSPS) is 16.4. The first kappa shape index (κ1) is 15.9. The summed E-state index contributed by atoms with van der Waals surface area (Å²) in [6.07, 6.45) is 4.56. The number of carboxylic acid groups (broad SMARTS) is 1. The third-order valence-corrected chi connectivity index (χ3v) is 4.78. The molecular weight excluding hydrogens is 270 g/mol. The maximum Gasteiger partial charge on any atom is 0.303 e. The first-order valence-electron chi connectivity index (χ1n) is 6.60. The highest BCUT2D eigenvalue weighted by molar-refractivity contribution is 7.92. The van der Waals surface area contributed by atoms with Gasteiger partial charge in [-0.25, -0.2) is 8.42 Å².